The van der Waals surface area contributed by atoms with Gasteiger partial charge in [0.25, 0.3) is 5.95 Å². The highest BCUT2D eigenvalue weighted by molar-refractivity contribution is 5.84. The first kappa shape index (κ1) is 15.2. The maximum Gasteiger partial charge on any atom is 0.294 e. The van der Waals surface area contributed by atoms with Gasteiger partial charge in [0.05, 0.1) is 24.5 Å². The van der Waals surface area contributed by atoms with E-state index in [4.69, 9.17) is 13.9 Å². The van der Waals surface area contributed by atoms with Gasteiger partial charge < -0.3 is 13.9 Å². The summed E-state index contributed by atoms with van der Waals surface area (Å²) in [6, 6.07) is 13.7. The van der Waals surface area contributed by atoms with Crippen LogP contribution in [-0.4, -0.2) is 18.2 Å². The number of hydrogen-bond donors (Lipinski definition) is 0. The van der Waals surface area contributed by atoms with Crippen molar-refractivity contribution in [2.75, 3.05) is 13.2 Å². The summed E-state index contributed by atoms with van der Waals surface area (Å²) < 4.78 is 16.7. The van der Waals surface area contributed by atoms with Crippen LogP contribution in [-0.2, 0) is 0 Å². The molecule has 4 nitrogen and oxygen atoms in total. The van der Waals surface area contributed by atoms with Crippen molar-refractivity contribution in [1.82, 2.24) is 4.98 Å². The summed E-state index contributed by atoms with van der Waals surface area (Å²) in [5.41, 5.74) is 3.68. The summed E-state index contributed by atoms with van der Waals surface area (Å²) >= 11 is 0. The second kappa shape index (κ2) is 7.01. The molecule has 0 aliphatic rings. The zero-order chi connectivity index (χ0) is 16.1. The molecule has 3 rings (SSSR count). The van der Waals surface area contributed by atoms with Gasteiger partial charge in [-0.3, -0.25) is 4.98 Å². The Balaban J connectivity index is 2.05. The normalized spacial score (nSPS) is 10.5. The Kier molecular flexibility index (Phi) is 4.62. The van der Waals surface area contributed by atoms with E-state index >= 15 is 0 Å². The molecule has 0 N–H and O–H groups in total. The first-order chi connectivity index (χ1) is 11.3. The van der Waals surface area contributed by atoms with E-state index in [-0.39, 0.29) is 0 Å². The fraction of sp³-hybridized carbons (Fsp3) is 0.211. The topological polar surface area (TPSA) is 44.5 Å². The van der Waals surface area contributed by atoms with Crippen molar-refractivity contribution in [3.8, 4) is 34.1 Å². The van der Waals surface area contributed by atoms with Gasteiger partial charge in [-0.1, -0.05) is 18.2 Å². The van der Waals surface area contributed by atoms with Crippen LogP contribution in [0.3, 0.4) is 0 Å². The van der Waals surface area contributed by atoms with Crippen LogP contribution in [0.25, 0.3) is 22.4 Å². The molecular weight excluding hydrogens is 290 g/mol. The van der Waals surface area contributed by atoms with Crippen molar-refractivity contribution in [1.29, 1.82) is 0 Å². The first-order valence-electron chi connectivity index (χ1n) is 7.72. The lowest BCUT2D eigenvalue weighted by Gasteiger charge is -2.07. The number of nitrogens with zero attached hydrogens (tertiary/aromatic N) is 1. The smallest absolute Gasteiger partial charge is 0.294 e. The lowest BCUT2D eigenvalue weighted by Crippen LogP contribution is -1.93. The van der Waals surface area contributed by atoms with Crippen LogP contribution in [0, 0.1) is 0 Å². The van der Waals surface area contributed by atoms with Crippen LogP contribution < -0.4 is 9.47 Å². The van der Waals surface area contributed by atoms with Crippen LogP contribution in [0.2, 0.25) is 0 Å². The summed E-state index contributed by atoms with van der Waals surface area (Å²) in [4.78, 5) is 4.43. The monoisotopic (exact) mass is 309 g/mol. The fourth-order valence-electron chi connectivity index (χ4n) is 2.44. The number of pyridine rings is 1. The largest absolute Gasteiger partial charge is 0.494 e. The van der Waals surface area contributed by atoms with Crippen molar-refractivity contribution in [2.24, 2.45) is 0 Å². The van der Waals surface area contributed by atoms with Gasteiger partial charge in [0, 0.05) is 11.8 Å². The van der Waals surface area contributed by atoms with Crippen molar-refractivity contribution >= 4 is 0 Å². The van der Waals surface area contributed by atoms with Gasteiger partial charge in [0.15, 0.2) is 0 Å². The van der Waals surface area contributed by atoms with Gasteiger partial charge in [-0.25, -0.2) is 0 Å². The molecule has 2 aromatic heterocycles. The molecule has 4 heteroatoms. The maximum atomic E-state index is 5.63. The summed E-state index contributed by atoms with van der Waals surface area (Å²) in [5, 5.41) is 0. The highest BCUT2D eigenvalue weighted by Gasteiger charge is 2.19. The van der Waals surface area contributed by atoms with Crippen LogP contribution in [0.4, 0.5) is 0 Å². The fourth-order valence-corrected chi connectivity index (χ4v) is 2.44. The average molecular weight is 309 g/mol. The molecule has 0 radical (unpaired) electrons. The highest BCUT2D eigenvalue weighted by Crippen LogP contribution is 2.40. The molecular formula is C19H19NO3. The predicted molar refractivity (Wildman–Crippen MR) is 89.7 cm³/mol. The van der Waals surface area contributed by atoms with Crippen LogP contribution in [0.5, 0.6) is 11.7 Å². The predicted octanol–water partition coefficient (Wildman–Crippen LogP) is 4.81. The molecule has 0 unspecified atom stereocenters. The Morgan fingerprint density at radius 1 is 0.957 bits per heavy atom. The standard InChI is InChI=1S/C19H19NO3/c1-3-21-15-10-8-14(9-11-15)16-13-23-19(22-4-2)18(16)17-7-5-6-12-20-17/h5-13H,3-4H2,1-2H3. The number of aromatic nitrogens is 1. The Hall–Kier alpha value is -2.75. The molecule has 1 aromatic carbocycles. The van der Waals surface area contributed by atoms with Crippen LogP contribution in [0.1, 0.15) is 13.8 Å². The molecule has 118 valence electrons. The molecule has 0 amide bonds. The van der Waals surface area contributed by atoms with E-state index in [1.807, 2.05) is 56.3 Å². The van der Waals surface area contributed by atoms with E-state index < -0.39 is 0 Å². The number of furan rings is 1. The Bertz CT molecular complexity index is 748. The third kappa shape index (κ3) is 3.21. The number of rotatable bonds is 6. The average Bonchev–Trinajstić information content (AvgIpc) is 3.01. The van der Waals surface area contributed by atoms with E-state index in [2.05, 4.69) is 4.98 Å². The van der Waals surface area contributed by atoms with Gasteiger partial charge in [-0.15, -0.1) is 0 Å². The van der Waals surface area contributed by atoms with E-state index in [0.29, 0.717) is 19.2 Å². The molecule has 0 saturated heterocycles. The molecule has 3 aromatic rings. The number of hydrogen-bond acceptors (Lipinski definition) is 4. The maximum absolute atomic E-state index is 5.63. The van der Waals surface area contributed by atoms with E-state index in [0.717, 1.165) is 28.1 Å². The summed E-state index contributed by atoms with van der Waals surface area (Å²) in [5.74, 6) is 1.35. The number of benzene rings is 1. The molecule has 0 spiro atoms. The van der Waals surface area contributed by atoms with E-state index in [1.165, 1.54) is 0 Å². The molecule has 0 bridgehead atoms. The minimum atomic E-state index is 0.495. The first-order valence-corrected chi connectivity index (χ1v) is 7.72. The van der Waals surface area contributed by atoms with Gasteiger partial charge in [-0.05, 0) is 43.7 Å². The van der Waals surface area contributed by atoms with Gasteiger partial charge in [-0.2, -0.15) is 0 Å². The van der Waals surface area contributed by atoms with Gasteiger partial charge in [0.2, 0.25) is 0 Å². The second-order valence-electron chi connectivity index (χ2n) is 4.92. The van der Waals surface area contributed by atoms with Crippen LogP contribution >= 0.6 is 0 Å². The van der Waals surface area contributed by atoms with Crippen molar-refractivity contribution < 1.29 is 13.9 Å². The molecule has 0 fully saturated rings. The molecule has 0 aliphatic carbocycles. The highest BCUT2D eigenvalue weighted by atomic mass is 16.6. The molecule has 0 saturated carbocycles. The summed E-state index contributed by atoms with van der Waals surface area (Å²) in [7, 11) is 0. The van der Waals surface area contributed by atoms with E-state index in [1.54, 1.807) is 12.5 Å². The molecule has 23 heavy (non-hydrogen) atoms. The second-order valence-corrected chi connectivity index (χ2v) is 4.92. The van der Waals surface area contributed by atoms with E-state index in [9.17, 15) is 0 Å². The summed E-state index contributed by atoms with van der Waals surface area (Å²) in [6.45, 7) is 5.09. The Labute approximate surface area is 135 Å². The summed E-state index contributed by atoms with van der Waals surface area (Å²) in [6.07, 6.45) is 3.48. The third-order valence-corrected chi connectivity index (χ3v) is 3.43. The Morgan fingerprint density at radius 2 is 1.74 bits per heavy atom. The quantitative estimate of drug-likeness (QED) is 0.655. The van der Waals surface area contributed by atoms with Crippen molar-refractivity contribution in [2.45, 2.75) is 13.8 Å². The van der Waals surface area contributed by atoms with Gasteiger partial charge >= 0.3 is 0 Å². The SMILES string of the molecule is CCOc1ccc(-c2coc(OCC)c2-c2ccccn2)cc1. The van der Waals surface area contributed by atoms with Gasteiger partial charge in [0.1, 0.15) is 12.0 Å². The third-order valence-electron chi connectivity index (χ3n) is 3.43. The number of ether oxygens (including phenoxy) is 2. The lowest BCUT2D eigenvalue weighted by molar-refractivity contribution is 0.259. The molecule has 0 aliphatic heterocycles. The minimum absolute atomic E-state index is 0.495. The molecule has 2 heterocycles. The molecule has 0 atom stereocenters. The zero-order valence-corrected chi connectivity index (χ0v) is 13.3. The van der Waals surface area contributed by atoms with Crippen molar-refractivity contribution in [3.05, 3.63) is 54.9 Å². The van der Waals surface area contributed by atoms with Crippen molar-refractivity contribution in [3.63, 3.8) is 0 Å². The Morgan fingerprint density at radius 3 is 2.39 bits per heavy atom. The minimum Gasteiger partial charge on any atom is -0.494 e. The van der Waals surface area contributed by atoms with Crippen LogP contribution in [0.15, 0.2) is 59.3 Å². The zero-order valence-electron chi connectivity index (χ0n) is 13.3. The lowest BCUT2D eigenvalue weighted by atomic mass is 10.0.